The molecule has 0 radical (unpaired) electrons. The van der Waals surface area contributed by atoms with Crippen LogP contribution in [-0.4, -0.2) is 27.1 Å². The second kappa shape index (κ2) is 9.85. The Hall–Kier alpha value is -2.18. The predicted octanol–water partition coefficient (Wildman–Crippen LogP) is 2.94. The van der Waals surface area contributed by atoms with Gasteiger partial charge in [0.05, 0.1) is 10.6 Å². The molecule has 0 saturated carbocycles. The molecule has 6 heteroatoms. The number of rotatable bonds is 9. The zero-order valence-electron chi connectivity index (χ0n) is 17.1. The maximum atomic E-state index is 12.5. The minimum absolute atomic E-state index is 0.135. The van der Waals surface area contributed by atoms with Gasteiger partial charge in [0.1, 0.15) is 6.04 Å². The zero-order valence-corrected chi connectivity index (χ0v) is 17.9. The van der Waals surface area contributed by atoms with Gasteiger partial charge in [0.25, 0.3) is 5.91 Å². The molecule has 2 aromatic rings. The fraction of sp³-hybridized carbons (Fsp3) is 0.409. The average molecular weight is 404 g/mol. The van der Waals surface area contributed by atoms with Gasteiger partial charge in [0, 0.05) is 17.7 Å². The first kappa shape index (κ1) is 22.1. The van der Waals surface area contributed by atoms with E-state index >= 15 is 0 Å². The Labute approximate surface area is 168 Å². The Bertz CT molecular complexity index is 890. The van der Waals surface area contributed by atoms with Crippen molar-refractivity contribution in [2.75, 3.05) is 18.1 Å². The van der Waals surface area contributed by atoms with Crippen LogP contribution in [0.3, 0.4) is 0 Å². The quantitative estimate of drug-likeness (QED) is 0.676. The molecular weight excluding hydrogens is 372 g/mol. The Morgan fingerprint density at radius 3 is 2.29 bits per heavy atom. The first-order valence-electron chi connectivity index (χ1n) is 9.73. The minimum Gasteiger partial charge on any atom is -0.332 e. The first-order valence-corrected chi connectivity index (χ1v) is 11.6. The maximum Gasteiger partial charge on any atom is 0.279 e. The third-order valence-corrected chi connectivity index (χ3v) is 5.89. The van der Waals surface area contributed by atoms with Crippen LogP contribution in [0.4, 0.5) is 5.69 Å². The zero-order chi connectivity index (χ0) is 20.7. The summed E-state index contributed by atoms with van der Waals surface area (Å²) in [5, 5.41) is 4.75. The highest BCUT2D eigenvalue weighted by Crippen LogP contribution is 2.21. The van der Waals surface area contributed by atoms with Crippen LogP contribution in [0.5, 0.6) is 0 Å². The summed E-state index contributed by atoms with van der Waals surface area (Å²) in [6, 6.07) is 15.2. The molecule has 0 spiro atoms. The lowest BCUT2D eigenvalue weighted by atomic mass is 9.94. The van der Waals surface area contributed by atoms with Crippen molar-refractivity contribution in [3.8, 4) is 0 Å². The molecule has 0 unspecified atom stereocenters. The van der Waals surface area contributed by atoms with E-state index in [1.54, 1.807) is 18.2 Å². The number of aryl methyl sites for hydroxylation is 1. The van der Waals surface area contributed by atoms with Gasteiger partial charge in [-0.25, -0.2) is 8.42 Å². The van der Waals surface area contributed by atoms with Crippen molar-refractivity contribution in [3.05, 3.63) is 59.7 Å². The number of sulfone groups is 1. The summed E-state index contributed by atoms with van der Waals surface area (Å²) in [6.07, 6.45) is 3.33. The molecule has 152 valence electrons. The SMILES string of the molecule is CCCc1ccc([C@H]([NH2+]CC(=O)Nc2ccccc2S(C)(=O)=O)C(C)C)cc1. The molecule has 0 aliphatic carbocycles. The van der Waals surface area contributed by atoms with E-state index in [-0.39, 0.29) is 23.4 Å². The highest BCUT2D eigenvalue weighted by Gasteiger charge is 2.21. The molecule has 3 N–H and O–H groups in total. The van der Waals surface area contributed by atoms with Crippen LogP contribution in [0.15, 0.2) is 53.4 Å². The number of hydrogen-bond acceptors (Lipinski definition) is 3. The van der Waals surface area contributed by atoms with Crippen molar-refractivity contribution in [3.63, 3.8) is 0 Å². The highest BCUT2D eigenvalue weighted by atomic mass is 32.2. The number of carbonyl (C=O) groups is 1. The van der Waals surface area contributed by atoms with Gasteiger partial charge in [0.2, 0.25) is 0 Å². The summed E-state index contributed by atoms with van der Waals surface area (Å²) in [4.78, 5) is 12.6. The van der Waals surface area contributed by atoms with Crippen molar-refractivity contribution < 1.29 is 18.5 Å². The predicted molar refractivity (Wildman–Crippen MR) is 113 cm³/mol. The fourth-order valence-corrected chi connectivity index (χ4v) is 4.16. The minimum atomic E-state index is -3.40. The monoisotopic (exact) mass is 403 g/mol. The molecule has 2 rings (SSSR count). The normalized spacial score (nSPS) is 12.8. The molecule has 2 aromatic carbocycles. The molecule has 0 aliphatic rings. The lowest BCUT2D eigenvalue weighted by Gasteiger charge is -2.20. The van der Waals surface area contributed by atoms with Crippen LogP contribution in [0.25, 0.3) is 0 Å². The van der Waals surface area contributed by atoms with Gasteiger partial charge in [-0.2, -0.15) is 0 Å². The second-order valence-corrected chi connectivity index (χ2v) is 9.50. The van der Waals surface area contributed by atoms with Gasteiger partial charge in [-0.05, 0) is 24.1 Å². The molecule has 0 aliphatic heterocycles. The van der Waals surface area contributed by atoms with Crippen molar-refractivity contribution in [1.29, 1.82) is 0 Å². The largest absolute Gasteiger partial charge is 0.332 e. The standard InChI is InChI=1S/C22H30N2O3S/c1-5-8-17-11-13-18(14-12-17)22(16(2)3)23-15-21(25)24-19-9-6-7-10-20(19)28(4,26)27/h6-7,9-14,16,22-23H,5,8,15H2,1-4H3,(H,24,25)/p+1/t22-/m1/s1. The molecule has 28 heavy (non-hydrogen) atoms. The number of anilines is 1. The molecule has 0 bridgehead atoms. The summed E-state index contributed by atoms with van der Waals surface area (Å²) in [5.41, 5.74) is 2.84. The summed E-state index contributed by atoms with van der Waals surface area (Å²) >= 11 is 0. The summed E-state index contributed by atoms with van der Waals surface area (Å²) < 4.78 is 23.8. The van der Waals surface area contributed by atoms with E-state index in [2.05, 4.69) is 50.4 Å². The van der Waals surface area contributed by atoms with Crippen molar-refractivity contribution >= 4 is 21.4 Å². The lowest BCUT2D eigenvalue weighted by molar-refractivity contribution is -0.692. The summed E-state index contributed by atoms with van der Waals surface area (Å²) in [5.74, 6) is 0.137. The van der Waals surface area contributed by atoms with Gasteiger partial charge in [-0.3, -0.25) is 4.79 Å². The molecule has 0 aromatic heterocycles. The Morgan fingerprint density at radius 1 is 1.07 bits per heavy atom. The van der Waals surface area contributed by atoms with E-state index in [0.717, 1.165) is 19.1 Å². The molecule has 5 nitrogen and oxygen atoms in total. The number of benzene rings is 2. The molecule has 1 amide bonds. The van der Waals surface area contributed by atoms with Crippen LogP contribution < -0.4 is 10.6 Å². The van der Waals surface area contributed by atoms with E-state index in [0.29, 0.717) is 11.6 Å². The molecule has 0 heterocycles. The number of amides is 1. The number of quaternary nitrogens is 1. The molecule has 0 fully saturated rings. The number of carbonyl (C=O) groups excluding carboxylic acids is 1. The number of nitrogens with two attached hydrogens (primary N) is 1. The maximum absolute atomic E-state index is 12.5. The van der Waals surface area contributed by atoms with E-state index in [9.17, 15) is 13.2 Å². The summed E-state index contributed by atoms with van der Waals surface area (Å²) in [6.45, 7) is 6.66. The third kappa shape index (κ3) is 6.17. The van der Waals surface area contributed by atoms with Crippen LogP contribution in [0.2, 0.25) is 0 Å². The molecule has 1 atom stereocenters. The van der Waals surface area contributed by atoms with E-state index in [1.165, 1.54) is 17.2 Å². The lowest BCUT2D eigenvalue weighted by Crippen LogP contribution is -2.88. The number of hydrogen-bond donors (Lipinski definition) is 2. The van der Waals surface area contributed by atoms with Gasteiger partial charge in [0.15, 0.2) is 16.4 Å². The Morgan fingerprint density at radius 2 is 1.71 bits per heavy atom. The van der Waals surface area contributed by atoms with E-state index in [1.807, 2.05) is 5.32 Å². The van der Waals surface area contributed by atoms with Gasteiger partial charge in [-0.1, -0.05) is 63.6 Å². The van der Waals surface area contributed by atoms with Gasteiger partial charge < -0.3 is 10.6 Å². The van der Waals surface area contributed by atoms with Crippen LogP contribution in [-0.2, 0) is 21.1 Å². The number of nitrogens with one attached hydrogen (secondary N) is 1. The average Bonchev–Trinajstić information content (AvgIpc) is 2.63. The van der Waals surface area contributed by atoms with E-state index in [4.69, 9.17) is 0 Å². The van der Waals surface area contributed by atoms with Crippen LogP contribution in [0.1, 0.15) is 44.4 Å². The number of para-hydroxylation sites is 1. The fourth-order valence-electron chi connectivity index (χ4n) is 3.32. The Balaban J connectivity index is 2.05. The van der Waals surface area contributed by atoms with Crippen LogP contribution >= 0.6 is 0 Å². The smallest absolute Gasteiger partial charge is 0.279 e. The Kier molecular flexibility index (Phi) is 7.78. The highest BCUT2D eigenvalue weighted by molar-refractivity contribution is 7.90. The van der Waals surface area contributed by atoms with Gasteiger partial charge >= 0.3 is 0 Å². The topological polar surface area (TPSA) is 79.8 Å². The van der Waals surface area contributed by atoms with Crippen molar-refractivity contribution in [2.24, 2.45) is 5.92 Å². The van der Waals surface area contributed by atoms with Crippen molar-refractivity contribution in [1.82, 2.24) is 0 Å². The van der Waals surface area contributed by atoms with Gasteiger partial charge in [-0.15, -0.1) is 0 Å². The van der Waals surface area contributed by atoms with E-state index < -0.39 is 9.84 Å². The van der Waals surface area contributed by atoms with Crippen LogP contribution in [0, 0.1) is 5.92 Å². The molecule has 0 saturated heterocycles. The second-order valence-electron chi connectivity index (χ2n) is 7.52. The first-order chi connectivity index (χ1) is 13.2. The van der Waals surface area contributed by atoms with Crippen molar-refractivity contribution in [2.45, 2.75) is 44.6 Å². The summed E-state index contributed by atoms with van der Waals surface area (Å²) in [7, 11) is -3.40. The third-order valence-electron chi connectivity index (χ3n) is 4.74. The molecular formula is C22H31N2O3S+.